The van der Waals surface area contributed by atoms with Crippen molar-refractivity contribution < 1.29 is 52.3 Å². The molecule has 8 rings (SSSR count). The number of cyclic esters (lactones) is 2. The quantitative estimate of drug-likeness (QED) is 0.0663. The Kier molecular flexibility index (Phi) is 11.8. The molecule has 11 heteroatoms. The first-order chi connectivity index (χ1) is 30.6. The number of hydrogen-bond donors (Lipinski definition) is 0. The summed E-state index contributed by atoms with van der Waals surface area (Å²) in [6, 6.07) is 26.3. The van der Waals surface area contributed by atoms with E-state index >= 15 is 0 Å². The minimum atomic E-state index is -1.13. The highest BCUT2D eigenvalue weighted by molar-refractivity contribution is 6.12. The van der Waals surface area contributed by atoms with Crippen molar-refractivity contribution in [2.24, 2.45) is 10.8 Å². The second kappa shape index (κ2) is 17.5. The number of fused-ring (bicyclic) bond motifs is 4. The zero-order valence-electron chi connectivity index (χ0n) is 37.2. The van der Waals surface area contributed by atoms with Gasteiger partial charge in [-0.3, -0.25) is 0 Å². The standard InChI is InChI=1S/C53H50O11/c1-52(2,3)29-61-43-25-37-35(23-41(43)57-7)33(21-19-31-15-11-9-12-16-31)45-39(27-59-49(45)54)47(37)63-51(56)64-48-38-26-44(62-30-53(4,5)6)42(58-8)24-36(38)34(46-40(48)28-60-50(46)55)22-20-32-17-13-10-14-18-32/h9-26H,27-30H2,1-8H3/b21-19+,22-20+. The summed E-state index contributed by atoms with van der Waals surface area (Å²) in [5.74, 6) is 0.580. The number of benzene rings is 6. The maximum absolute atomic E-state index is 14.5. The molecule has 0 radical (unpaired) electrons. The predicted molar refractivity (Wildman–Crippen MR) is 247 cm³/mol. The summed E-state index contributed by atoms with van der Waals surface area (Å²) in [6.45, 7) is 12.7. The van der Waals surface area contributed by atoms with E-state index in [0.29, 0.717) is 80.0 Å². The Morgan fingerprint density at radius 2 is 0.922 bits per heavy atom. The molecular formula is C53H50O11. The van der Waals surface area contributed by atoms with Gasteiger partial charge in [0.25, 0.3) is 0 Å². The largest absolute Gasteiger partial charge is 0.519 e. The number of carbonyl (C=O) groups is 3. The lowest BCUT2D eigenvalue weighted by Gasteiger charge is -2.22. The van der Waals surface area contributed by atoms with Gasteiger partial charge in [-0.25, -0.2) is 14.4 Å². The summed E-state index contributed by atoms with van der Waals surface area (Å²) in [4.78, 5) is 41.8. The van der Waals surface area contributed by atoms with Crippen LogP contribution in [0, 0.1) is 10.8 Å². The van der Waals surface area contributed by atoms with Crippen LogP contribution in [-0.4, -0.2) is 45.5 Å². The average molecular weight is 863 g/mol. The van der Waals surface area contributed by atoms with E-state index in [-0.39, 0.29) is 46.7 Å². The van der Waals surface area contributed by atoms with E-state index in [2.05, 4.69) is 0 Å². The van der Waals surface area contributed by atoms with Crippen molar-refractivity contribution in [3.8, 4) is 34.5 Å². The number of esters is 2. The van der Waals surface area contributed by atoms with Crippen molar-refractivity contribution >= 4 is 63.9 Å². The molecule has 2 heterocycles. The number of methoxy groups -OCH3 is 2. The Balaban J connectivity index is 1.30. The molecular weight excluding hydrogens is 813 g/mol. The van der Waals surface area contributed by atoms with E-state index in [9.17, 15) is 14.4 Å². The number of carbonyl (C=O) groups excluding carboxylic acids is 3. The van der Waals surface area contributed by atoms with Gasteiger partial charge in [0.15, 0.2) is 23.0 Å². The second-order valence-corrected chi connectivity index (χ2v) is 18.1. The number of hydrogen-bond acceptors (Lipinski definition) is 11. The van der Waals surface area contributed by atoms with Crippen molar-refractivity contribution in [3.63, 3.8) is 0 Å². The van der Waals surface area contributed by atoms with Crippen LogP contribution in [-0.2, 0) is 22.7 Å². The lowest BCUT2D eigenvalue weighted by Crippen LogP contribution is -2.18. The van der Waals surface area contributed by atoms with Crippen molar-refractivity contribution in [3.05, 3.63) is 129 Å². The highest BCUT2D eigenvalue weighted by atomic mass is 16.7. The van der Waals surface area contributed by atoms with Crippen LogP contribution in [0.25, 0.3) is 45.8 Å². The number of rotatable bonds is 12. The molecule has 0 aliphatic carbocycles. The topological polar surface area (TPSA) is 125 Å². The zero-order chi connectivity index (χ0) is 45.3. The molecule has 2 aliphatic heterocycles. The van der Waals surface area contributed by atoms with Crippen LogP contribution in [0.1, 0.15) is 95.6 Å². The highest BCUT2D eigenvalue weighted by Crippen LogP contribution is 2.48. The summed E-state index contributed by atoms with van der Waals surface area (Å²) in [5, 5.41) is 1.98. The molecule has 2 aliphatic rings. The first-order valence-electron chi connectivity index (χ1n) is 21.0. The monoisotopic (exact) mass is 862 g/mol. The smallest absolute Gasteiger partial charge is 0.493 e. The minimum absolute atomic E-state index is 0.0486. The Morgan fingerprint density at radius 1 is 0.547 bits per heavy atom. The maximum atomic E-state index is 14.5. The molecule has 0 saturated carbocycles. The van der Waals surface area contributed by atoms with E-state index in [0.717, 1.165) is 11.1 Å². The third kappa shape index (κ3) is 8.97. The summed E-state index contributed by atoms with van der Waals surface area (Å²) in [5.41, 5.74) is 3.69. The van der Waals surface area contributed by atoms with Gasteiger partial charge < -0.3 is 37.9 Å². The van der Waals surface area contributed by atoms with Crippen LogP contribution in [0.5, 0.6) is 34.5 Å². The van der Waals surface area contributed by atoms with Crippen LogP contribution < -0.4 is 28.4 Å². The lowest BCUT2D eigenvalue weighted by molar-refractivity contribution is 0.0525. The molecule has 0 N–H and O–H groups in total. The molecule has 328 valence electrons. The van der Waals surface area contributed by atoms with Crippen LogP contribution >= 0.6 is 0 Å². The Morgan fingerprint density at radius 3 is 1.28 bits per heavy atom. The van der Waals surface area contributed by atoms with Crippen LogP contribution in [0.3, 0.4) is 0 Å². The molecule has 6 aromatic carbocycles. The van der Waals surface area contributed by atoms with E-state index in [1.54, 1.807) is 24.3 Å². The van der Waals surface area contributed by atoms with Crippen molar-refractivity contribution in [2.75, 3.05) is 27.4 Å². The third-order valence-corrected chi connectivity index (χ3v) is 10.6. The summed E-state index contributed by atoms with van der Waals surface area (Å²) < 4.78 is 48.0. The molecule has 64 heavy (non-hydrogen) atoms. The van der Waals surface area contributed by atoms with E-state index in [4.69, 9.17) is 37.9 Å². The fraction of sp³-hybridized carbons (Fsp3) is 0.264. The van der Waals surface area contributed by atoms with Gasteiger partial charge in [0.1, 0.15) is 24.7 Å². The Hall–Kier alpha value is -7.27. The van der Waals surface area contributed by atoms with Crippen LogP contribution in [0.4, 0.5) is 4.79 Å². The molecule has 0 aromatic heterocycles. The van der Waals surface area contributed by atoms with Gasteiger partial charge in [-0.15, -0.1) is 0 Å². The van der Waals surface area contributed by atoms with Crippen LogP contribution in [0.15, 0.2) is 84.9 Å². The van der Waals surface area contributed by atoms with Gasteiger partial charge in [-0.05, 0) is 68.1 Å². The summed E-state index contributed by atoms with van der Waals surface area (Å²) in [6.07, 6.45) is 6.34. The predicted octanol–water partition coefficient (Wildman–Crippen LogP) is 12.1. The van der Waals surface area contributed by atoms with E-state index in [1.807, 2.05) is 127 Å². The van der Waals surface area contributed by atoms with Crippen molar-refractivity contribution in [2.45, 2.75) is 54.8 Å². The normalized spacial score (nSPS) is 13.6. The molecule has 0 fully saturated rings. The second-order valence-electron chi connectivity index (χ2n) is 18.1. The Bertz CT molecular complexity index is 2670. The Labute approximate surface area is 372 Å². The van der Waals surface area contributed by atoms with Gasteiger partial charge in [-0.1, -0.05) is 127 Å². The number of ether oxygens (including phenoxy) is 8. The van der Waals surface area contributed by atoms with Crippen LogP contribution in [0.2, 0.25) is 0 Å². The molecule has 0 spiro atoms. The van der Waals surface area contributed by atoms with Gasteiger partial charge in [0, 0.05) is 21.9 Å². The summed E-state index contributed by atoms with van der Waals surface area (Å²) in [7, 11) is 3.08. The molecule has 0 unspecified atom stereocenters. The van der Waals surface area contributed by atoms with Gasteiger partial charge in [0.2, 0.25) is 0 Å². The first-order valence-corrected chi connectivity index (χ1v) is 21.0. The molecule has 11 nitrogen and oxygen atoms in total. The molecule has 0 atom stereocenters. The van der Waals surface area contributed by atoms with Crippen molar-refractivity contribution in [1.82, 2.24) is 0 Å². The molecule has 0 amide bonds. The maximum Gasteiger partial charge on any atom is 0.519 e. The van der Waals surface area contributed by atoms with E-state index < -0.39 is 18.1 Å². The summed E-state index contributed by atoms with van der Waals surface area (Å²) >= 11 is 0. The van der Waals surface area contributed by atoms with Gasteiger partial charge >= 0.3 is 18.1 Å². The van der Waals surface area contributed by atoms with Crippen molar-refractivity contribution in [1.29, 1.82) is 0 Å². The first kappa shape index (κ1) is 43.4. The third-order valence-electron chi connectivity index (χ3n) is 10.6. The average Bonchev–Trinajstić information content (AvgIpc) is 3.85. The molecule has 6 aromatic rings. The lowest BCUT2D eigenvalue weighted by atomic mass is 9.92. The zero-order valence-corrected chi connectivity index (χ0v) is 37.2. The molecule has 0 bridgehead atoms. The van der Waals surface area contributed by atoms with Gasteiger partial charge in [-0.2, -0.15) is 0 Å². The highest BCUT2D eigenvalue weighted by Gasteiger charge is 2.36. The van der Waals surface area contributed by atoms with Gasteiger partial charge in [0.05, 0.1) is 38.6 Å². The minimum Gasteiger partial charge on any atom is -0.493 e. The fourth-order valence-corrected chi connectivity index (χ4v) is 7.64. The molecule has 0 saturated heterocycles. The fourth-order valence-electron chi connectivity index (χ4n) is 7.64. The SMILES string of the molecule is COc1cc2c(/C=C/c3ccccc3)c3c(c(OC(=O)Oc4c5c(c(/C=C/c6ccccc6)c6cc(OC)c(OCC(C)(C)C)cc46)C(=O)OC5)c2cc1OCC(C)(C)C)COC3=O. The van der Waals surface area contributed by atoms with E-state index in [1.165, 1.54) is 14.2 Å².